The van der Waals surface area contributed by atoms with Crippen LogP contribution in [0.3, 0.4) is 0 Å². The molecule has 2 nitrogen and oxygen atoms in total. The summed E-state index contributed by atoms with van der Waals surface area (Å²) >= 11 is 0. The zero-order valence-electron chi connectivity index (χ0n) is 13.1. The molecule has 112 valence electrons. The second-order valence-electron chi connectivity index (χ2n) is 6.78. The number of furan rings is 1. The molecule has 0 unspecified atom stereocenters. The van der Waals surface area contributed by atoms with Crippen molar-refractivity contribution >= 4 is 13.5 Å². The Morgan fingerprint density at radius 3 is 2.45 bits per heavy atom. The van der Waals surface area contributed by atoms with Gasteiger partial charge in [0.15, 0.2) is 0 Å². The van der Waals surface area contributed by atoms with E-state index >= 15 is 0 Å². The molecule has 1 heterocycles. The van der Waals surface area contributed by atoms with Crippen LogP contribution in [0, 0.1) is 12.8 Å². The Labute approximate surface area is 123 Å². The van der Waals surface area contributed by atoms with Gasteiger partial charge in [-0.25, -0.2) is 0 Å². The van der Waals surface area contributed by atoms with Crippen LogP contribution in [0.2, 0.25) is 18.6 Å². The lowest BCUT2D eigenvalue weighted by molar-refractivity contribution is 0.0859. The molecule has 1 saturated carbocycles. The van der Waals surface area contributed by atoms with E-state index in [4.69, 9.17) is 4.42 Å². The summed E-state index contributed by atoms with van der Waals surface area (Å²) in [5, 5.41) is 11.9. The first-order chi connectivity index (χ1) is 9.46. The molecule has 1 aromatic heterocycles. The molecule has 0 spiro atoms. The summed E-state index contributed by atoms with van der Waals surface area (Å²) in [5.41, 5.74) is 0.163. The predicted molar refractivity (Wildman–Crippen MR) is 87.1 cm³/mol. The van der Waals surface area contributed by atoms with E-state index in [1.807, 2.05) is 19.1 Å². The number of aliphatic hydroxyl groups is 1. The minimum Gasteiger partial charge on any atom is -0.472 e. The van der Waals surface area contributed by atoms with Crippen molar-refractivity contribution in [2.45, 2.75) is 63.8 Å². The molecule has 2 rings (SSSR count). The maximum atomic E-state index is 10.9. The van der Waals surface area contributed by atoms with Crippen molar-refractivity contribution in [3.8, 4) is 0 Å². The molecule has 0 saturated heterocycles. The summed E-state index contributed by atoms with van der Waals surface area (Å²) in [6.45, 7) is 10.6. The van der Waals surface area contributed by atoms with Crippen molar-refractivity contribution in [2.24, 2.45) is 5.92 Å². The van der Waals surface area contributed by atoms with Gasteiger partial charge in [0.25, 0.3) is 0 Å². The first-order valence-electron chi connectivity index (χ1n) is 7.84. The van der Waals surface area contributed by atoms with Crippen LogP contribution in [0.15, 0.2) is 29.2 Å². The van der Waals surface area contributed by atoms with Crippen molar-refractivity contribution < 1.29 is 9.52 Å². The van der Waals surface area contributed by atoms with Crippen LogP contribution in [-0.2, 0) is 0 Å². The fraction of sp³-hybridized carbons (Fsp3) is 0.647. The average Bonchev–Trinajstić information content (AvgIpc) is 2.87. The summed E-state index contributed by atoms with van der Waals surface area (Å²) in [5.74, 6) is 1.39. The van der Waals surface area contributed by atoms with E-state index in [2.05, 4.69) is 25.7 Å². The number of rotatable bonds is 5. The minimum atomic E-state index is -1.87. The van der Waals surface area contributed by atoms with Gasteiger partial charge in [-0.3, -0.25) is 0 Å². The molecular weight excluding hydrogens is 264 g/mol. The number of aliphatic hydroxyl groups excluding tert-OH is 1. The van der Waals surface area contributed by atoms with Gasteiger partial charge in [-0.1, -0.05) is 38.4 Å². The molecule has 1 aromatic rings. The van der Waals surface area contributed by atoms with Gasteiger partial charge in [0.2, 0.25) is 0 Å². The zero-order chi connectivity index (χ0) is 14.8. The van der Waals surface area contributed by atoms with E-state index in [-0.39, 0.29) is 11.6 Å². The summed E-state index contributed by atoms with van der Waals surface area (Å²) in [4.78, 5) is 0. The highest BCUT2D eigenvalue weighted by atomic mass is 28.3. The van der Waals surface area contributed by atoms with Gasteiger partial charge < -0.3 is 9.52 Å². The van der Waals surface area contributed by atoms with Crippen LogP contribution in [0.4, 0.5) is 0 Å². The molecule has 3 heteroatoms. The van der Waals surface area contributed by atoms with Crippen molar-refractivity contribution in [1.82, 2.24) is 0 Å². The fourth-order valence-corrected chi connectivity index (χ4v) is 6.56. The predicted octanol–water partition coefficient (Wildman–Crippen LogP) is 4.00. The number of aryl methyl sites for hydroxylation is 1. The van der Waals surface area contributed by atoms with Gasteiger partial charge in [0.1, 0.15) is 8.07 Å². The second kappa shape index (κ2) is 6.31. The Balaban J connectivity index is 2.19. The van der Waals surface area contributed by atoms with Gasteiger partial charge in [-0.15, -0.1) is 6.58 Å². The van der Waals surface area contributed by atoms with E-state index in [0.717, 1.165) is 24.0 Å². The largest absolute Gasteiger partial charge is 0.472 e. The minimum absolute atomic E-state index is 0.163. The first kappa shape index (κ1) is 15.6. The zero-order valence-corrected chi connectivity index (χ0v) is 14.1. The lowest BCUT2D eigenvalue weighted by atomic mass is 9.84. The highest BCUT2D eigenvalue weighted by molar-refractivity contribution is 6.90. The van der Waals surface area contributed by atoms with Crippen LogP contribution in [0.25, 0.3) is 0 Å². The molecule has 20 heavy (non-hydrogen) atoms. The van der Waals surface area contributed by atoms with Crippen LogP contribution in [-0.4, -0.2) is 19.3 Å². The molecule has 1 aliphatic rings. The van der Waals surface area contributed by atoms with E-state index in [1.54, 1.807) is 0 Å². The smallest absolute Gasteiger partial charge is 0.135 e. The average molecular weight is 292 g/mol. The molecule has 1 N–H and O–H groups in total. The Morgan fingerprint density at radius 1 is 1.30 bits per heavy atom. The first-order valence-corrected chi connectivity index (χ1v) is 10.9. The molecule has 0 aliphatic heterocycles. The molecular formula is C17H28O2Si. The molecule has 1 fully saturated rings. The SMILES string of the molecule is C=C[C@H]([C@@H](O)C1CCCCC1)[Si](C)(C)c1ccc(C)o1. The van der Waals surface area contributed by atoms with Crippen LogP contribution >= 0.6 is 0 Å². The van der Waals surface area contributed by atoms with Crippen molar-refractivity contribution in [2.75, 3.05) is 0 Å². The topological polar surface area (TPSA) is 33.4 Å². The standard InChI is InChI=1S/C17H28O2Si/c1-5-15(17(18)14-9-7-6-8-10-14)20(3,4)16-12-11-13(2)19-16/h5,11-12,14-15,17-18H,1,6-10H2,2-4H3/t15-,17+/m1/s1. The number of hydrogen-bond acceptors (Lipinski definition) is 2. The summed E-state index contributed by atoms with van der Waals surface area (Å²) in [6, 6.07) is 4.11. The Bertz CT molecular complexity index is 444. The summed E-state index contributed by atoms with van der Waals surface area (Å²) in [6.07, 6.45) is 7.87. The molecule has 0 bridgehead atoms. The highest BCUT2D eigenvalue weighted by Gasteiger charge is 2.41. The lowest BCUT2D eigenvalue weighted by Gasteiger charge is -2.37. The molecule has 0 radical (unpaired) electrons. The lowest BCUT2D eigenvalue weighted by Crippen LogP contribution is -2.50. The second-order valence-corrected chi connectivity index (χ2v) is 11.4. The third-order valence-corrected chi connectivity index (χ3v) is 8.75. The van der Waals surface area contributed by atoms with Gasteiger partial charge in [0, 0.05) is 5.54 Å². The quantitative estimate of drug-likeness (QED) is 0.657. The fourth-order valence-electron chi connectivity index (χ4n) is 3.57. The van der Waals surface area contributed by atoms with Crippen LogP contribution in [0.1, 0.15) is 37.9 Å². The van der Waals surface area contributed by atoms with Crippen molar-refractivity contribution in [3.05, 3.63) is 30.5 Å². The summed E-state index contributed by atoms with van der Waals surface area (Å²) < 4.78 is 5.87. The van der Waals surface area contributed by atoms with Crippen molar-refractivity contribution in [3.63, 3.8) is 0 Å². The van der Waals surface area contributed by atoms with Gasteiger partial charge in [0.05, 0.1) is 17.2 Å². The Morgan fingerprint density at radius 2 is 1.95 bits per heavy atom. The number of hydrogen-bond donors (Lipinski definition) is 1. The van der Waals surface area contributed by atoms with Gasteiger partial charge in [-0.05, 0) is 37.8 Å². The van der Waals surface area contributed by atoms with E-state index in [1.165, 1.54) is 19.3 Å². The van der Waals surface area contributed by atoms with Crippen molar-refractivity contribution in [1.29, 1.82) is 0 Å². The maximum absolute atomic E-state index is 10.9. The van der Waals surface area contributed by atoms with E-state index in [0.29, 0.717) is 5.92 Å². The monoisotopic (exact) mass is 292 g/mol. The van der Waals surface area contributed by atoms with Gasteiger partial charge in [-0.2, -0.15) is 0 Å². The van der Waals surface area contributed by atoms with E-state index < -0.39 is 8.07 Å². The van der Waals surface area contributed by atoms with Crippen LogP contribution in [0.5, 0.6) is 0 Å². The molecule has 2 atom stereocenters. The molecule has 1 aliphatic carbocycles. The highest BCUT2D eigenvalue weighted by Crippen LogP contribution is 2.36. The third kappa shape index (κ3) is 3.09. The maximum Gasteiger partial charge on any atom is 0.135 e. The molecule has 0 aromatic carbocycles. The van der Waals surface area contributed by atoms with E-state index in [9.17, 15) is 5.11 Å². The van der Waals surface area contributed by atoms with Gasteiger partial charge >= 0.3 is 0 Å². The van der Waals surface area contributed by atoms with Crippen LogP contribution < -0.4 is 5.38 Å². The normalized spacial score (nSPS) is 20.6. The Kier molecular flexibility index (Phi) is 4.92. The third-order valence-electron chi connectivity index (χ3n) is 4.96. The Hall–Kier alpha value is -0.803. The molecule has 0 amide bonds. The summed E-state index contributed by atoms with van der Waals surface area (Å²) in [7, 11) is -1.87.